The van der Waals surface area contributed by atoms with Crippen molar-refractivity contribution < 1.29 is 18.4 Å². The molecule has 1 aromatic heterocycles. The van der Waals surface area contributed by atoms with Crippen LogP contribution in [0.3, 0.4) is 0 Å². The Kier molecular flexibility index (Phi) is 6.38. The van der Waals surface area contributed by atoms with E-state index in [2.05, 4.69) is 20.8 Å². The minimum atomic E-state index is -0.635. The maximum absolute atomic E-state index is 13.0. The molecule has 1 heterocycles. The van der Waals surface area contributed by atoms with Gasteiger partial charge >= 0.3 is 6.03 Å². The maximum atomic E-state index is 13.0. The summed E-state index contributed by atoms with van der Waals surface area (Å²) in [4.78, 5) is 24.0. The van der Waals surface area contributed by atoms with Gasteiger partial charge < -0.3 is 9.73 Å². The van der Waals surface area contributed by atoms with E-state index in [1.807, 2.05) is 30.3 Å². The summed E-state index contributed by atoms with van der Waals surface area (Å²) in [6.07, 6.45) is 0. The molecule has 0 fully saturated rings. The minimum absolute atomic E-state index is 0.173. The number of benzene rings is 2. The lowest BCUT2D eigenvalue weighted by atomic mass is 10.2. The van der Waals surface area contributed by atoms with Gasteiger partial charge in [-0.2, -0.15) is 0 Å². The summed E-state index contributed by atoms with van der Waals surface area (Å²) in [5, 5.41) is 12.2. The van der Waals surface area contributed by atoms with Crippen molar-refractivity contribution in [2.45, 2.75) is 23.9 Å². The second kappa shape index (κ2) is 9.14. The number of hydrogen-bond donors (Lipinski definition) is 2. The molecule has 144 valence electrons. The molecular formula is C19H17FN4O3S. The summed E-state index contributed by atoms with van der Waals surface area (Å²) in [7, 11) is 0. The first-order chi connectivity index (χ1) is 13.5. The molecule has 3 aromatic rings. The SMILES string of the molecule is C[C@H](Sc1nnc(-c2ccc(F)cc2)o1)C(=O)NC(=O)NCc1ccccc1. The van der Waals surface area contributed by atoms with Crippen LogP contribution in [0.1, 0.15) is 12.5 Å². The number of amides is 3. The number of rotatable bonds is 6. The number of halogens is 1. The van der Waals surface area contributed by atoms with Crippen LogP contribution in [0, 0.1) is 5.82 Å². The summed E-state index contributed by atoms with van der Waals surface area (Å²) in [6.45, 7) is 1.93. The fourth-order valence-corrected chi connectivity index (χ4v) is 2.89. The van der Waals surface area contributed by atoms with Crippen LogP contribution in [0.4, 0.5) is 9.18 Å². The van der Waals surface area contributed by atoms with Crippen molar-refractivity contribution in [3.05, 3.63) is 66.0 Å². The van der Waals surface area contributed by atoms with Gasteiger partial charge in [-0.05, 0) is 36.8 Å². The summed E-state index contributed by atoms with van der Waals surface area (Å²) in [5.74, 6) is -0.637. The van der Waals surface area contributed by atoms with E-state index in [0.717, 1.165) is 17.3 Å². The lowest BCUT2D eigenvalue weighted by molar-refractivity contribution is -0.119. The van der Waals surface area contributed by atoms with E-state index in [9.17, 15) is 14.0 Å². The standard InChI is InChI=1S/C19H17FN4O3S/c1-12(16(25)22-18(26)21-11-13-5-3-2-4-6-13)28-19-24-23-17(27-19)14-7-9-15(20)10-8-14/h2-10,12H,11H2,1H3,(H2,21,22,25,26)/t12-/m0/s1. The van der Waals surface area contributed by atoms with Crippen LogP contribution >= 0.6 is 11.8 Å². The molecule has 0 aliphatic carbocycles. The van der Waals surface area contributed by atoms with Gasteiger partial charge in [-0.25, -0.2) is 9.18 Å². The molecule has 0 saturated carbocycles. The van der Waals surface area contributed by atoms with Crippen LogP contribution in [0.15, 0.2) is 64.2 Å². The number of nitrogens with zero attached hydrogens (tertiary/aromatic N) is 2. The average Bonchev–Trinajstić information content (AvgIpc) is 3.16. The van der Waals surface area contributed by atoms with Gasteiger partial charge in [0.05, 0.1) is 5.25 Å². The zero-order chi connectivity index (χ0) is 19.9. The van der Waals surface area contributed by atoms with E-state index >= 15 is 0 Å². The molecule has 2 N–H and O–H groups in total. The molecule has 0 aliphatic heterocycles. The first kappa shape index (κ1) is 19.6. The summed E-state index contributed by atoms with van der Waals surface area (Å²) in [5.41, 5.74) is 1.49. The van der Waals surface area contributed by atoms with E-state index in [0.29, 0.717) is 12.1 Å². The number of aromatic nitrogens is 2. The second-order valence-electron chi connectivity index (χ2n) is 5.80. The fourth-order valence-electron chi connectivity index (χ4n) is 2.21. The predicted molar refractivity (Wildman–Crippen MR) is 102 cm³/mol. The van der Waals surface area contributed by atoms with Gasteiger partial charge in [0, 0.05) is 12.1 Å². The van der Waals surface area contributed by atoms with Gasteiger partial charge in [0.1, 0.15) is 5.82 Å². The highest BCUT2D eigenvalue weighted by atomic mass is 32.2. The van der Waals surface area contributed by atoms with E-state index in [4.69, 9.17) is 4.42 Å². The normalized spacial score (nSPS) is 11.6. The molecule has 3 rings (SSSR count). The number of hydrogen-bond acceptors (Lipinski definition) is 6. The third-order valence-electron chi connectivity index (χ3n) is 3.68. The number of carbonyl (C=O) groups is 2. The molecule has 1 atom stereocenters. The van der Waals surface area contributed by atoms with Gasteiger partial charge in [0.2, 0.25) is 11.8 Å². The highest BCUT2D eigenvalue weighted by molar-refractivity contribution is 8.00. The average molecular weight is 400 g/mol. The van der Waals surface area contributed by atoms with Crippen LogP contribution in [0.2, 0.25) is 0 Å². The Morgan fingerprint density at radius 1 is 1.11 bits per heavy atom. The monoisotopic (exact) mass is 400 g/mol. The van der Waals surface area contributed by atoms with E-state index in [1.165, 1.54) is 24.3 Å². The third-order valence-corrected chi connectivity index (χ3v) is 4.61. The van der Waals surface area contributed by atoms with Crippen LogP contribution in [-0.4, -0.2) is 27.4 Å². The summed E-state index contributed by atoms with van der Waals surface area (Å²) in [6, 6.07) is 14.4. The van der Waals surface area contributed by atoms with Crippen molar-refractivity contribution in [1.82, 2.24) is 20.8 Å². The fraction of sp³-hybridized carbons (Fsp3) is 0.158. The first-order valence-corrected chi connectivity index (χ1v) is 9.28. The van der Waals surface area contributed by atoms with Crippen molar-refractivity contribution in [1.29, 1.82) is 0 Å². The van der Waals surface area contributed by atoms with Gasteiger partial charge in [0.15, 0.2) is 0 Å². The Morgan fingerprint density at radius 3 is 2.54 bits per heavy atom. The lowest BCUT2D eigenvalue weighted by Crippen LogP contribution is -2.42. The number of carbonyl (C=O) groups excluding carboxylic acids is 2. The zero-order valence-corrected chi connectivity index (χ0v) is 15.7. The third kappa shape index (κ3) is 5.40. The molecule has 0 bridgehead atoms. The molecular weight excluding hydrogens is 383 g/mol. The Labute approximate surface area is 164 Å². The molecule has 0 saturated heterocycles. The zero-order valence-electron chi connectivity index (χ0n) is 14.9. The summed E-state index contributed by atoms with van der Waals surface area (Å²) >= 11 is 1.02. The van der Waals surface area contributed by atoms with E-state index < -0.39 is 17.2 Å². The molecule has 0 spiro atoms. The van der Waals surface area contributed by atoms with E-state index in [1.54, 1.807) is 6.92 Å². The van der Waals surface area contributed by atoms with Crippen LogP contribution < -0.4 is 10.6 Å². The van der Waals surface area contributed by atoms with E-state index in [-0.39, 0.29) is 16.9 Å². The highest BCUT2D eigenvalue weighted by Crippen LogP contribution is 2.26. The Morgan fingerprint density at radius 2 is 1.82 bits per heavy atom. The van der Waals surface area contributed by atoms with Gasteiger partial charge in [-0.15, -0.1) is 10.2 Å². The topological polar surface area (TPSA) is 97.1 Å². The molecule has 9 heteroatoms. The molecule has 28 heavy (non-hydrogen) atoms. The van der Waals surface area contributed by atoms with Crippen LogP contribution in [0.25, 0.3) is 11.5 Å². The smallest absolute Gasteiger partial charge is 0.321 e. The number of imide groups is 1. The number of thioether (sulfide) groups is 1. The predicted octanol–water partition coefficient (Wildman–Crippen LogP) is 3.38. The summed E-state index contributed by atoms with van der Waals surface area (Å²) < 4.78 is 18.5. The van der Waals surface area contributed by atoms with Gasteiger partial charge in [-0.3, -0.25) is 10.1 Å². The lowest BCUT2D eigenvalue weighted by Gasteiger charge is -2.10. The van der Waals surface area contributed by atoms with Crippen molar-refractivity contribution in [2.24, 2.45) is 0 Å². The largest absolute Gasteiger partial charge is 0.411 e. The number of urea groups is 1. The first-order valence-electron chi connectivity index (χ1n) is 8.40. The highest BCUT2D eigenvalue weighted by Gasteiger charge is 2.20. The Bertz CT molecular complexity index is 947. The van der Waals surface area contributed by atoms with Gasteiger partial charge in [0.25, 0.3) is 5.22 Å². The maximum Gasteiger partial charge on any atom is 0.321 e. The van der Waals surface area contributed by atoms with Crippen molar-refractivity contribution in [2.75, 3.05) is 0 Å². The Hall–Kier alpha value is -3.20. The van der Waals surface area contributed by atoms with Gasteiger partial charge in [-0.1, -0.05) is 42.1 Å². The number of nitrogens with one attached hydrogen (secondary N) is 2. The molecule has 0 radical (unpaired) electrons. The van der Waals surface area contributed by atoms with Crippen molar-refractivity contribution in [3.63, 3.8) is 0 Å². The quantitative estimate of drug-likeness (QED) is 0.616. The molecule has 0 aliphatic rings. The molecule has 0 unspecified atom stereocenters. The van der Waals surface area contributed by atoms with Crippen LogP contribution in [0.5, 0.6) is 0 Å². The van der Waals surface area contributed by atoms with Crippen LogP contribution in [-0.2, 0) is 11.3 Å². The minimum Gasteiger partial charge on any atom is -0.411 e. The molecule has 3 amide bonds. The molecule has 7 nitrogen and oxygen atoms in total. The van der Waals surface area contributed by atoms with Crippen molar-refractivity contribution in [3.8, 4) is 11.5 Å². The second-order valence-corrected chi connectivity index (χ2v) is 7.09. The van der Waals surface area contributed by atoms with Crippen molar-refractivity contribution >= 4 is 23.7 Å². The molecule has 2 aromatic carbocycles. The Balaban J connectivity index is 1.50.